The lowest BCUT2D eigenvalue weighted by Gasteiger charge is -2.03. The molecule has 0 amide bonds. The molecule has 96 valence electrons. The van der Waals surface area contributed by atoms with Crippen LogP contribution in [0, 0.1) is 6.92 Å². The van der Waals surface area contributed by atoms with Crippen LogP contribution in [0.15, 0.2) is 44.1 Å². The third-order valence-electron chi connectivity index (χ3n) is 2.53. The van der Waals surface area contributed by atoms with Crippen LogP contribution in [0.3, 0.4) is 0 Å². The van der Waals surface area contributed by atoms with E-state index >= 15 is 0 Å². The van der Waals surface area contributed by atoms with Crippen LogP contribution in [-0.2, 0) is 6.61 Å². The number of benzene rings is 1. The molecule has 2 aromatic heterocycles. The van der Waals surface area contributed by atoms with Crippen molar-refractivity contribution in [1.82, 2.24) is 10.1 Å². The van der Waals surface area contributed by atoms with Gasteiger partial charge in [0, 0.05) is 17.5 Å². The van der Waals surface area contributed by atoms with Gasteiger partial charge in [-0.1, -0.05) is 5.16 Å². The van der Waals surface area contributed by atoms with E-state index in [4.69, 9.17) is 13.7 Å². The molecule has 0 unspecified atom stereocenters. The van der Waals surface area contributed by atoms with E-state index in [1.807, 2.05) is 6.07 Å². The third kappa shape index (κ3) is 2.47. The number of fused-ring (bicyclic) bond motifs is 1. The van der Waals surface area contributed by atoms with Crippen molar-refractivity contribution in [3.05, 3.63) is 52.5 Å². The fraction of sp³-hybridized carbons (Fsp3) is 0.154. The SMILES string of the molecule is Cc1noc(COc2ccc3ccc(=O)oc3c2)n1. The van der Waals surface area contributed by atoms with Crippen LogP contribution in [0.25, 0.3) is 11.0 Å². The molecule has 0 aliphatic heterocycles. The maximum atomic E-state index is 11.1. The Balaban J connectivity index is 1.83. The number of hydrogen-bond donors (Lipinski definition) is 0. The second-order valence-corrected chi connectivity index (χ2v) is 3.98. The van der Waals surface area contributed by atoms with Crippen LogP contribution in [0.5, 0.6) is 5.75 Å². The van der Waals surface area contributed by atoms with Crippen LogP contribution in [0.4, 0.5) is 0 Å². The van der Waals surface area contributed by atoms with Gasteiger partial charge < -0.3 is 13.7 Å². The van der Waals surface area contributed by atoms with Gasteiger partial charge in [-0.3, -0.25) is 0 Å². The van der Waals surface area contributed by atoms with Crippen LogP contribution in [-0.4, -0.2) is 10.1 Å². The topological polar surface area (TPSA) is 78.4 Å². The molecular weight excluding hydrogens is 248 g/mol. The summed E-state index contributed by atoms with van der Waals surface area (Å²) in [6.45, 7) is 1.90. The van der Waals surface area contributed by atoms with E-state index in [1.54, 1.807) is 25.1 Å². The van der Waals surface area contributed by atoms with Crippen molar-refractivity contribution in [1.29, 1.82) is 0 Å². The second kappa shape index (κ2) is 4.56. The summed E-state index contributed by atoms with van der Waals surface area (Å²) >= 11 is 0. The Morgan fingerprint density at radius 2 is 2.11 bits per heavy atom. The average Bonchev–Trinajstić information content (AvgIpc) is 2.81. The highest BCUT2D eigenvalue weighted by Gasteiger charge is 2.05. The molecule has 0 fully saturated rings. The van der Waals surface area contributed by atoms with Crippen LogP contribution >= 0.6 is 0 Å². The molecule has 0 aliphatic rings. The third-order valence-corrected chi connectivity index (χ3v) is 2.53. The molecule has 0 N–H and O–H groups in total. The van der Waals surface area contributed by atoms with Crippen molar-refractivity contribution in [3.8, 4) is 5.75 Å². The van der Waals surface area contributed by atoms with Gasteiger partial charge in [0.25, 0.3) is 5.89 Å². The number of aromatic nitrogens is 2. The molecule has 0 saturated carbocycles. The summed E-state index contributed by atoms with van der Waals surface area (Å²) in [5, 5.41) is 4.50. The summed E-state index contributed by atoms with van der Waals surface area (Å²) < 4.78 is 15.5. The summed E-state index contributed by atoms with van der Waals surface area (Å²) in [6, 6.07) is 8.33. The molecular formula is C13H10N2O4. The van der Waals surface area contributed by atoms with Gasteiger partial charge in [0.15, 0.2) is 12.4 Å². The van der Waals surface area contributed by atoms with E-state index in [0.717, 1.165) is 5.39 Å². The number of nitrogens with zero attached hydrogens (tertiary/aromatic N) is 2. The van der Waals surface area contributed by atoms with Crippen LogP contribution < -0.4 is 10.4 Å². The first kappa shape index (κ1) is 11.5. The molecule has 0 saturated heterocycles. The van der Waals surface area contributed by atoms with Crippen molar-refractivity contribution in [2.45, 2.75) is 13.5 Å². The molecule has 0 aliphatic carbocycles. The molecule has 3 rings (SSSR count). The zero-order chi connectivity index (χ0) is 13.2. The lowest BCUT2D eigenvalue weighted by atomic mass is 10.2. The van der Waals surface area contributed by atoms with Crippen LogP contribution in [0.1, 0.15) is 11.7 Å². The second-order valence-electron chi connectivity index (χ2n) is 3.98. The fourth-order valence-electron chi connectivity index (χ4n) is 1.67. The minimum atomic E-state index is -0.392. The van der Waals surface area contributed by atoms with E-state index in [9.17, 15) is 4.79 Å². The summed E-state index contributed by atoms with van der Waals surface area (Å²) in [5.74, 6) is 1.52. The molecule has 6 nitrogen and oxygen atoms in total. The predicted octanol–water partition coefficient (Wildman–Crippen LogP) is 2.06. The highest BCUT2D eigenvalue weighted by Crippen LogP contribution is 2.20. The maximum absolute atomic E-state index is 11.1. The first-order chi connectivity index (χ1) is 9.20. The molecule has 6 heteroatoms. The smallest absolute Gasteiger partial charge is 0.336 e. The Morgan fingerprint density at radius 3 is 2.89 bits per heavy atom. The van der Waals surface area contributed by atoms with Gasteiger partial charge in [-0.05, 0) is 25.1 Å². The largest absolute Gasteiger partial charge is 0.484 e. The summed E-state index contributed by atoms with van der Waals surface area (Å²) in [5.41, 5.74) is 0.0869. The van der Waals surface area contributed by atoms with E-state index < -0.39 is 5.63 Å². The molecule has 0 spiro atoms. The van der Waals surface area contributed by atoms with Gasteiger partial charge in [0.05, 0.1) is 0 Å². The molecule has 0 bridgehead atoms. The van der Waals surface area contributed by atoms with Gasteiger partial charge in [0.1, 0.15) is 11.3 Å². The standard InChI is InChI=1S/C13H10N2O4/c1-8-14-12(19-15-8)7-17-10-4-2-9-3-5-13(16)18-11(9)6-10/h2-6H,7H2,1H3. The quantitative estimate of drug-likeness (QED) is 0.669. The van der Waals surface area contributed by atoms with Gasteiger partial charge in [-0.2, -0.15) is 4.98 Å². The number of rotatable bonds is 3. The van der Waals surface area contributed by atoms with E-state index in [-0.39, 0.29) is 6.61 Å². The Bertz CT molecular complexity index is 775. The minimum Gasteiger partial charge on any atom is -0.484 e. The Labute approximate surface area is 107 Å². The first-order valence-corrected chi connectivity index (χ1v) is 5.66. The highest BCUT2D eigenvalue weighted by molar-refractivity contribution is 5.77. The zero-order valence-electron chi connectivity index (χ0n) is 10.1. The molecule has 3 aromatic rings. The number of ether oxygens (including phenoxy) is 1. The zero-order valence-corrected chi connectivity index (χ0v) is 10.1. The van der Waals surface area contributed by atoms with Gasteiger partial charge in [-0.15, -0.1) is 0 Å². The molecule has 1 aromatic carbocycles. The van der Waals surface area contributed by atoms with Crippen LogP contribution in [0.2, 0.25) is 0 Å². The first-order valence-electron chi connectivity index (χ1n) is 5.66. The Hall–Kier alpha value is -2.63. The maximum Gasteiger partial charge on any atom is 0.336 e. The molecule has 2 heterocycles. The fourth-order valence-corrected chi connectivity index (χ4v) is 1.67. The summed E-state index contributed by atoms with van der Waals surface area (Å²) in [6.07, 6.45) is 0. The average molecular weight is 258 g/mol. The van der Waals surface area contributed by atoms with Gasteiger partial charge >= 0.3 is 5.63 Å². The van der Waals surface area contributed by atoms with Crippen molar-refractivity contribution < 1.29 is 13.7 Å². The number of hydrogen-bond acceptors (Lipinski definition) is 6. The number of aryl methyl sites for hydroxylation is 1. The molecule has 0 radical (unpaired) electrons. The van der Waals surface area contributed by atoms with E-state index in [0.29, 0.717) is 23.0 Å². The lowest BCUT2D eigenvalue weighted by molar-refractivity contribution is 0.242. The molecule has 19 heavy (non-hydrogen) atoms. The summed E-state index contributed by atoms with van der Waals surface area (Å²) in [7, 11) is 0. The van der Waals surface area contributed by atoms with Crippen molar-refractivity contribution in [2.75, 3.05) is 0 Å². The summed E-state index contributed by atoms with van der Waals surface area (Å²) in [4.78, 5) is 15.2. The van der Waals surface area contributed by atoms with Crippen molar-refractivity contribution in [3.63, 3.8) is 0 Å². The Kier molecular flexibility index (Phi) is 2.75. The van der Waals surface area contributed by atoms with Crippen molar-refractivity contribution >= 4 is 11.0 Å². The Morgan fingerprint density at radius 1 is 1.26 bits per heavy atom. The highest BCUT2D eigenvalue weighted by atomic mass is 16.5. The van der Waals surface area contributed by atoms with E-state index in [2.05, 4.69) is 10.1 Å². The normalized spacial score (nSPS) is 10.8. The lowest BCUT2D eigenvalue weighted by Crippen LogP contribution is -1.97. The van der Waals surface area contributed by atoms with E-state index in [1.165, 1.54) is 6.07 Å². The monoisotopic (exact) mass is 258 g/mol. The van der Waals surface area contributed by atoms with Gasteiger partial charge in [0.2, 0.25) is 0 Å². The van der Waals surface area contributed by atoms with Crippen molar-refractivity contribution in [2.24, 2.45) is 0 Å². The minimum absolute atomic E-state index is 0.170. The van der Waals surface area contributed by atoms with Gasteiger partial charge in [-0.25, -0.2) is 4.79 Å². The predicted molar refractivity (Wildman–Crippen MR) is 65.9 cm³/mol. The molecule has 0 atom stereocenters.